The van der Waals surface area contributed by atoms with Gasteiger partial charge in [-0.2, -0.15) is 0 Å². The fourth-order valence-corrected chi connectivity index (χ4v) is 22.0. The predicted molar refractivity (Wildman–Crippen MR) is 126 cm³/mol. The van der Waals surface area contributed by atoms with Crippen LogP contribution >= 0.6 is 22.7 Å². The first-order valence-corrected chi connectivity index (χ1v) is 16.6. The van der Waals surface area contributed by atoms with E-state index in [0.29, 0.717) is 0 Å². The zero-order valence-corrected chi connectivity index (χ0v) is 20.7. The third kappa shape index (κ3) is 3.28. The number of fused-ring (bicyclic) bond motifs is 3. The van der Waals surface area contributed by atoms with Crippen LogP contribution in [0.15, 0.2) is 42.5 Å². The maximum atomic E-state index is 2.57. The summed E-state index contributed by atoms with van der Waals surface area (Å²) in [6.07, 6.45) is 5.39. The van der Waals surface area contributed by atoms with Crippen LogP contribution in [0.2, 0.25) is 5.25 Å². The molecule has 3 heterocycles. The van der Waals surface area contributed by atoms with Gasteiger partial charge in [-0.3, -0.25) is 0 Å². The van der Waals surface area contributed by atoms with Crippen LogP contribution in [-0.2, 0) is 0 Å². The molecule has 0 saturated heterocycles. The number of hydrogen-bond acceptors (Lipinski definition) is 2. The monoisotopic (exact) mass is 456 g/mol. The van der Waals surface area contributed by atoms with Crippen molar-refractivity contribution in [2.24, 2.45) is 5.92 Å². The zero-order valence-electron chi connectivity index (χ0n) is 17.0. The average Bonchev–Trinajstić information content (AvgIpc) is 3.31. The molecule has 3 heteroatoms. The molecule has 1 atom stereocenters. The molecule has 0 amide bonds. The Morgan fingerprint density at radius 1 is 0.889 bits per heavy atom. The molecular formula is C24H30GeS2. The van der Waals surface area contributed by atoms with Crippen molar-refractivity contribution < 1.29 is 0 Å². The van der Waals surface area contributed by atoms with Gasteiger partial charge in [0.25, 0.3) is 0 Å². The molecule has 1 aromatic carbocycles. The van der Waals surface area contributed by atoms with Crippen molar-refractivity contribution in [2.45, 2.75) is 58.6 Å². The zero-order chi connectivity index (χ0) is 19.0. The molecule has 1 aliphatic heterocycles. The van der Waals surface area contributed by atoms with Crippen molar-refractivity contribution in [3.05, 3.63) is 52.2 Å². The van der Waals surface area contributed by atoms with Crippen LogP contribution in [0, 0.1) is 19.8 Å². The van der Waals surface area contributed by atoms with Gasteiger partial charge in [0, 0.05) is 0 Å². The van der Waals surface area contributed by atoms with Crippen molar-refractivity contribution in [1.82, 2.24) is 0 Å². The molecule has 0 aliphatic carbocycles. The SMILES string of the molecule is CCCCC(CC)[CH2][Ge]1([c]2ccccc2)[c]2cc(C)sc2-c2sc(C)c[c]21. The van der Waals surface area contributed by atoms with E-state index in [1.54, 1.807) is 22.9 Å². The molecule has 1 aliphatic rings. The quantitative estimate of drug-likeness (QED) is 0.378. The molecule has 0 fully saturated rings. The molecule has 0 spiro atoms. The Hall–Kier alpha value is -0.837. The second-order valence-corrected chi connectivity index (χ2v) is 18.7. The van der Waals surface area contributed by atoms with E-state index in [1.165, 1.54) is 40.7 Å². The molecule has 0 nitrogen and oxygen atoms in total. The number of thiophene rings is 2. The van der Waals surface area contributed by atoms with Gasteiger partial charge in [-0.1, -0.05) is 0 Å². The topological polar surface area (TPSA) is 0 Å². The molecule has 0 radical (unpaired) electrons. The summed E-state index contributed by atoms with van der Waals surface area (Å²) in [6.45, 7) is 9.35. The fraction of sp³-hybridized carbons (Fsp3) is 0.417. The molecular weight excluding hydrogens is 425 g/mol. The van der Waals surface area contributed by atoms with E-state index in [4.69, 9.17) is 0 Å². The molecule has 142 valence electrons. The molecule has 2 aromatic heterocycles. The van der Waals surface area contributed by atoms with E-state index in [2.05, 4.69) is 70.2 Å². The number of hydrogen-bond donors (Lipinski definition) is 0. The summed E-state index contributed by atoms with van der Waals surface area (Å²) in [5.74, 6) is 0.851. The van der Waals surface area contributed by atoms with Gasteiger partial charge in [0.2, 0.25) is 0 Å². The molecule has 27 heavy (non-hydrogen) atoms. The minimum atomic E-state index is -2.61. The normalized spacial score (nSPS) is 15.6. The van der Waals surface area contributed by atoms with E-state index >= 15 is 0 Å². The van der Waals surface area contributed by atoms with Gasteiger partial charge in [0.1, 0.15) is 0 Å². The van der Waals surface area contributed by atoms with E-state index in [9.17, 15) is 0 Å². The maximum absolute atomic E-state index is 2.61. The standard InChI is InChI=1S/C24H30GeS2/c1-5-7-11-19(6-2)16-25(20-12-9-8-10-13-20)21-14-17(3)26-23(21)24-22(25)15-18(4)27-24/h8-10,12-15,19H,5-7,11,16H2,1-4H3. The van der Waals surface area contributed by atoms with Gasteiger partial charge in [0.05, 0.1) is 0 Å². The summed E-state index contributed by atoms with van der Waals surface area (Å²) in [6, 6.07) is 16.8. The Bertz CT molecular complexity index is 873. The summed E-state index contributed by atoms with van der Waals surface area (Å²) in [5, 5.41) is 1.42. The summed E-state index contributed by atoms with van der Waals surface area (Å²) in [5.41, 5.74) is 0. The number of benzene rings is 1. The second-order valence-electron chi connectivity index (χ2n) is 8.09. The average molecular weight is 455 g/mol. The van der Waals surface area contributed by atoms with Crippen molar-refractivity contribution in [3.8, 4) is 9.75 Å². The third-order valence-corrected chi connectivity index (χ3v) is 20.0. The van der Waals surface area contributed by atoms with Gasteiger partial charge in [0.15, 0.2) is 0 Å². The van der Waals surface area contributed by atoms with Crippen molar-refractivity contribution in [1.29, 1.82) is 0 Å². The van der Waals surface area contributed by atoms with E-state index in [-0.39, 0.29) is 0 Å². The first-order chi connectivity index (χ1) is 13.1. The van der Waals surface area contributed by atoms with E-state index in [0.717, 1.165) is 5.92 Å². The fourth-order valence-electron chi connectivity index (χ4n) is 4.89. The summed E-state index contributed by atoms with van der Waals surface area (Å²) in [4.78, 5) is 6.22. The summed E-state index contributed by atoms with van der Waals surface area (Å²) in [7, 11) is 0. The number of rotatable bonds is 7. The van der Waals surface area contributed by atoms with E-state index < -0.39 is 13.3 Å². The molecule has 3 aromatic rings. The second kappa shape index (κ2) is 7.89. The summed E-state index contributed by atoms with van der Waals surface area (Å²) >= 11 is 1.47. The van der Waals surface area contributed by atoms with Crippen molar-refractivity contribution >= 4 is 49.1 Å². The number of aryl methyl sites for hydroxylation is 2. The third-order valence-electron chi connectivity index (χ3n) is 6.24. The summed E-state index contributed by atoms with van der Waals surface area (Å²) < 4.78 is 5.20. The van der Waals surface area contributed by atoms with E-state index in [1.807, 2.05) is 22.7 Å². The molecule has 0 saturated carbocycles. The van der Waals surface area contributed by atoms with Crippen LogP contribution in [0.1, 0.15) is 49.3 Å². The first-order valence-electron chi connectivity index (χ1n) is 10.4. The Balaban J connectivity index is 1.93. The van der Waals surface area contributed by atoms with Crippen LogP contribution in [0.4, 0.5) is 0 Å². The van der Waals surface area contributed by atoms with Crippen LogP contribution < -0.4 is 13.2 Å². The Morgan fingerprint density at radius 2 is 1.48 bits per heavy atom. The van der Waals surface area contributed by atoms with Crippen molar-refractivity contribution in [3.63, 3.8) is 0 Å². The van der Waals surface area contributed by atoms with Gasteiger partial charge in [-0.05, 0) is 0 Å². The first kappa shape index (κ1) is 19.5. The van der Waals surface area contributed by atoms with Crippen LogP contribution in [-0.4, -0.2) is 13.3 Å². The van der Waals surface area contributed by atoms with Crippen molar-refractivity contribution in [2.75, 3.05) is 0 Å². The molecule has 0 bridgehead atoms. The molecule has 0 N–H and O–H groups in total. The molecule has 1 unspecified atom stereocenters. The van der Waals surface area contributed by atoms with Gasteiger partial charge < -0.3 is 0 Å². The Morgan fingerprint density at radius 3 is 2.00 bits per heavy atom. The number of unbranched alkanes of at least 4 members (excludes halogenated alkanes) is 1. The predicted octanol–water partition coefficient (Wildman–Crippen LogP) is 6.09. The van der Waals surface area contributed by atoms with Crippen LogP contribution in [0.25, 0.3) is 9.75 Å². The van der Waals surface area contributed by atoms with Gasteiger partial charge in [-0.15, -0.1) is 0 Å². The minimum absolute atomic E-state index is 0.851. The van der Waals surface area contributed by atoms with Gasteiger partial charge in [-0.25, -0.2) is 0 Å². The van der Waals surface area contributed by atoms with Crippen LogP contribution in [0.3, 0.4) is 0 Å². The van der Waals surface area contributed by atoms with Gasteiger partial charge >= 0.3 is 176 Å². The molecule has 4 rings (SSSR count). The Labute approximate surface area is 175 Å². The van der Waals surface area contributed by atoms with Crippen LogP contribution in [0.5, 0.6) is 0 Å². The Kier molecular flexibility index (Phi) is 5.69.